The van der Waals surface area contributed by atoms with Crippen molar-refractivity contribution in [3.05, 3.63) is 42.0 Å². The first kappa shape index (κ1) is 15.3. The molecule has 2 aromatic carbocycles. The Labute approximate surface area is 134 Å². The van der Waals surface area contributed by atoms with Gasteiger partial charge in [0.1, 0.15) is 11.3 Å². The summed E-state index contributed by atoms with van der Waals surface area (Å²) in [7, 11) is 0. The van der Waals surface area contributed by atoms with E-state index in [1.807, 2.05) is 31.2 Å². The first-order chi connectivity index (χ1) is 11.0. The van der Waals surface area contributed by atoms with Crippen molar-refractivity contribution in [1.29, 1.82) is 0 Å². The lowest BCUT2D eigenvalue weighted by atomic mass is 10.1. The van der Waals surface area contributed by atoms with Crippen molar-refractivity contribution < 1.29 is 19.4 Å². The second kappa shape index (κ2) is 6.28. The molecule has 1 unspecified atom stereocenters. The molecule has 1 amide bonds. The number of carbonyl (C=O) groups excluding carboxylic acids is 2. The van der Waals surface area contributed by atoms with E-state index in [-0.39, 0.29) is 29.9 Å². The zero-order chi connectivity index (χ0) is 16.4. The summed E-state index contributed by atoms with van der Waals surface area (Å²) in [6.07, 6.45) is 2.26. The normalized spacial score (nSPS) is 15.2. The molecule has 0 heterocycles. The first-order valence-corrected chi connectivity index (χ1v) is 7.73. The molecule has 3 rings (SSSR count). The highest BCUT2D eigenvalue weighted by atomic mass is 16.5. The molecule has 2 aromatic rings. The lowest BCUT2D eigenvalue weighted by Gasteiger charge is -2.13. The third kappa shape index (κ3) is 3.62. The van der Waals surface area contributed by atoms with Crippen LogP contribution in [-0.2, 0) is 9.53 Å². The lowest BCUT2D eigenvalue weighted by Crippen LogP contribution is -2.37. The van der Waals surface area contributed by atoms with E-state index in [1.54, 1.807) is 6.07 Å². The van der Waals surface area contributed by atoms with Gasteiger partial charge in [0.2, 0.25) is 0 Å². The van der Waals surface area contributed by atoms with Gasteiger partial charge in [-0.1, -0.05) is 24.3 Å². The number of esters is 1. The van der Waals surface area contributed by atoms with Gasteiger partial charge in [0.05, 0.1) is 0 Å². The standard InChI is InChI=1S/C18H19NO4/c1-11(12-6-7-12)19-17(21)10-23-18(22)15-8-13-4-2-3-5-14(13)9-16(15)20/h2-5,8-9,11-12,20H,6-7,10H2,1H3,(H,19,21). The lowest BCUT2D eigenvalue weighted by molar-refractivity contribution is -0.125. The Morgan fingerprint density at radius 1 is 1.26 bits per heavy atom. The van der Waals surface area contributed by atoms with Gasteiger partial charge in [-0.2, -0.15) is 0 Å². The zero-order valence-electron chi connectivity index (χ0n) is 12.9. The molecule has 5 nitrogen and oxygen atoms in total. The molecule has 0 radical (unpaired) electrons. The van der Waals surface area contributed by atoms with Crippen LogP contribution >= 0.6 is 0 Å². The van der Waals surface area contributed by atoms with E-state index in [0.717, 1.165) is 23.6 Å². The van der Waals surface area contributed by atoms with Gasteiger partial charge in [-0.05, 0) is 48.6 Å². The second-order valence-electron chi connectivity index (χ2n) is 5.99. The van der Waals surface area contributed by atoms with E-state index in [1.165, 1.54) is 6.07 Å². The number of aromatic hydroxyl groups is 1. The monoisotopic (exact) mass is 313 g/mol. The first-order valence-electron chi connectivity index (χ1n) is 7.73. The molecule has 0 spiro atoms. The minimum absolute atomic E-state index is 0.0618. The average molecular weight is 313 g/mol. The van der Waals surface area contributed by atoms with Gasteiger partial charge in [0.15, 0.2) is 6.61 Å². The van der Waals surface area contributed by atoms with Crippen LogP contribution in [0.2, 0.25) is 0 Å². The molecule has 5 heteroatoms. The molecule has 1 aliphatic carbocycles. The number of ether oxygens (including phenoxy) is 1. The van der Waals surface area contributed by atoms with Crippen molar-refractivity contribution in [2.24, 2.45) is 5.92 Å². The molecule has 0 aliphatic heterocycles. The second-order valence-corrected chi connectivity index (χ2v) is 5.99. The average Bonchev–Trinajstić information content (AvgIpc) is 3.36. The minimum atomic E-state index is -0.706. The fraction of sp³-hybridized carbons (Fsp3) is 0.333. The smallest absolute Gasteiger partial charge is 0.342 e. The number of amides is 1. The maximum atomic E-state index is 12.1. The topological polar surface area (TPSA) is 75.6 Å². The maximum Gasteiger partial charge on any atom is 0.342 e. The van der Waals surface area contributed by atoms with Gasteiger partial charge in [-0.3, -0.25) is 4.79 Å². The maximum absolute atomic E-state index is 12.1. The van der Waals surface area contributed by atoms with Gasteiger partial charge in [0.25, 0.3) is 5.91 Å². The van der Waals surface area contributed by atoms with E-state index in [9.17, 15) is 14.7 Å². The SMILES string of the molecule is CC(NC(=O)COC(=O)c1cc2ccccc2cc1O)C1CC1. The Morgan fingerprint density at radius 3 is 2.57 bits per heavy atom. The summed E-state index contributed by atoms with van der Waals surface area (Å²) >= 11 is 0. The molecular weight excluding hydrogens is 294 g/mol. The quantitative estimate of drug-likeness (QED) is 0.832. The highest BCUT2D eigenvalue weighted by molar-refractivity contribution is 5.99. The van der Waals surface area contributed by atoms with Crippen LogP contribution in [0.5, 0.6) is 5.75 Å². The van der Waals surface area contributed by atoms with Gasteiger partial charge in [-0.25, -0.2) is 4.79 Å². The van der Waals surface area contributed by atoms with E-state index >= 15 is 0 Å². The van der Waals surface area contributed by atoms with Crippen LogP contribution < -0.4 is 5.32 Å². The van der Waals surface area contributed by atoms with Crippen molar-refractivity contribution in [3.8, 4) is 5.75 Å². The Morgan fingerprint density at radius 2 is 1.91 bits per heavy atom. The molecule has 120 valence electrons. The summed E-state index contributed by atoms with van der Waals surface area (Å²) in [5.41, 5.74) is 0.0618. The number of hydrogen-bond acceptors (Lipinski definition) is 4. The number of benzene rings is 2. The van der Waals surface area contributed by atoms with E-state index in [2.05, 4.69) is 5.32 Å². The van der Waals surface area contributed by atoms with Gasteiger partial charge in [0, 0.05) is 6.04 Å². The molecule has 1 aliphatic rings. The van der Waals surface area contributed by atoms with E-state index < -0.39 is 5.97 Å². The summed E-state index contributed by atoms with van der Waals surface area (Å²) in [4.78, 5) is 23.9. The highest BCUT2D eigenvalue weighted by Gasteiger charge is 2.29. The number of nitrogens with one attached hydrogen (secondary N) is 1. The zero-order valence-corrected chi connectivity index (χ0v) is 12.9. The highest BCUT2D eigenvalue weighted by Crippen LogP contribution is 2.32. The molecule has 0 aromatic heterocycles. The van der Waals surface area contributed by atoms with Crippen LogP contribution in [0.1, 0.15) is 30.1 Å². The van der Waals surface area contributed by atoms with Crippen LogP contribution in [0.15, 0.2) is 36.4 Å². The molecule has 2 N–H and O–H groups in total. The Bertz CT molecular complexity index is 752. The van der Waals surface area contributed by atoms with Crippen LogP contribution in [0.25, 0.3) is 10.8 Å². The van der Waals surface area contributed by atoms with Crippen molar-refractivity contribution in [2.75, 3.05) is 6.61 Å². The van der Waals surface area contributed by atoms with Gasteiger partial charge < -0.3 is 15.2 Å². The molecule has 0 bridgehead atoms. The van der Waals surface area contributed by atoms with Gasteiger partial charge >= 0.3 is 5.97 Å². The number of rotatable bonds is 5. The summed E-state index contributed by atoms with van der Waals surface area (Å²) in [5, 5.41) is 14.4. The predicted molar refractivity (Wildman–Crippen MR) is 86.2 cm³/mol. The van der Waals surface area contributed by atoms with Crippen LogP contribution in [0, 0.1) is 5.92 Å². The number of phenolic OH excluding ortho intramolecular Hbond substituents is 1. The number of hydrogen-bond donors (Lipinski definition) is 2. The summed E-state index contributed by atoms with van der Waals surface area (Å²) in [6, 6.07) is 10.6. The minimum Gasteiger partial charge on any atom is -0.507 e. The Kier molecular flexibility index (Phi) is 4.19. The van der Waals surface area contributed by atoms with Gasteiger partial charge in [-0.15, -0.1) is 0 Å². The summed E-state index contributed by atoms with van der Waals surface area (Å²) in [6.45, 7) is 1.61. The van der Waals surface area contributed by atoms with Crippen molar-refractivity contribution in [2.45, 2.75) is 25.8 Å². The van der Waals surface area contributed by atoms with E-state index in [0.29, 0.717) is 5.92 Å². The van der Waals surface area contributed by atoms with Crippen LogP contribution in [0.4, 0.5) is 0 Å². The fourth-order valence-corrected chi connectivity index (χ4v) is 2.61. The third-order valence-electron chi connectivity index (χ3n) is 4.14. The summed E-state index contributed by atoms with van der Waals surface area (Å²) < 4.78 is 5.01. The van der Waals surface area contributed by atoms with Crippen molar-refractivity contribution >= 4 is 22.6 Å². The number of fused-ring (bicyclic) bond motifs is 1. The largest absolute Gasteiger partial charge is 0.507 e. The Hall–Kier alpha value is -2.56. The third-order valence-corrected chi connectivity index (χ3v) is 4.14. The number of phenols is 1. The van der Waals surface area contributed by atoms with Crippen LogP contribution in [0.3, 0.4) is 0 Å². The fourth-order valence-electron chi connectivity index (χ4n) is 2.61. The molecule has 1 atom stereocenters. The molecule has 1 saturated carbocycles. The predicted octanol–water partition coefficient (Wildman–Crippen LogP) is 2.62. The molecule has 1 fully saturated rings. The molecule has 0 saturated heterocycles. The molecule has 23 heavy (non-hydrogen) atoms. The molecular formula is C18H19NO4. The van der Waals surface area contributed by atoms with Crippen LogP contribution in [-0.4, -0.2) is 29.6 Å². The Balaban J connectivity index is 1.63. The van der Waals surface area contributed by atoms with Crippen molar-refractivity contribution in [3.63, 3.8) is 0 Å². The summed E-state index contributed by atoms with van der Waals surface area (Å²) in [5.74, 6) is -0.639. The number of carbonyl (C=O) groups is 2. The van der Waals surface area contributed by atoms with E-state index in [4.69, 9.17) is 4.74 Å². The van der Waals surface area contributed by atoms with Crippen molar-refractivity contribution in [1.82, 2.24) is 5.32 Å².